The highest BCUT2D eigenvalue weighted by Crippen LogP contribution is 2.31. The minimum Gasteiger partial charge on any atom is -0.345 e. The van der Waals surface area contributed by atoms with E-state index in [1.54, 1.807) is 36.4 Å². The molecule has 0 aromatic heterocycles. The van der Waals surface area contributed by atoms with E-state index in [2.05, 4.69) is 31.6 Å². The third-order valence-corrected chi connectivity index (χ3v) is 5.70. The number of nitrogens with one attached hydrogen (secondary N) is 2. The summed E-state index contributed by atoms with van der Waals surface area (Å²) in [5, 5.41) is 15.5. The van der Waals surface area contributed by atoms with Crippen LogP contribution in [0.2, 0.25) is 0 Å². The van der Waals surface area contributed by atoms with Crippen LogP contribution in [-0.4, -0.2) is 17.6 Å². The van der Waals surface area contributed by atoms with Crippen LogP contribution in [0.4, 0.5) is 0 Å². The molecule has 0 bridgehead atoms. The van der Waals surface area contributed by atoms with Crippen LogP contribution < -0.4 is 10.6 Å². The van der Waals surface area contributed by atoms with Crippen molar-refractivity contribution in [1.82, 2.24) is 10.6 Å². The largest absolute Gasteiger partial charge is 0.345 e. The average Bonchev–Trinajstić information content (AvgIpc) is 3.18. The topological polar surface area (TPSA) is 94.3 Å². The first-order valence-corrected chi connectivity index (χ1v) is 11.0. The number of halogens is 1. The Kier molecular flexibility index (Phi) is 6.48. The van der Waals surface area contributed by atoms with Gasteiger partial charge in [-0.1, -0.05) is 76.6 Å². The van der Waals surface area contributed by atoms with Crippen LogP contribution in [-0.2, 0) is 4.79 Å². The van der Waals surface area contributed by atoms with E-state index in [1.165, 1.54) is 0 Å². The Morgan fingerprint density at radius 3 is 2.36 bits per heavy atom. The van der Waals surface area contributed by atoms with Gasteiger partial charge in [0.15, 0.2) is 0 Å². The summed E-state index contributed by atoms with van der Waals surface area (Å²) in [6, 6.07) is 25.4. The van der Waals surface area contributed by atoms with Crippen molar-refractivity contribution in [3.05, 3.63) is 111 Å². The van der Waals surface area contributed by atoms with Crippen molar-refractivity contribution >= 4 is 39.3 Å². The molecule has 0 saturated heterocycles. The number of amidine groups is 1. The molecule has 2 N–H and O–H groups in total. The van der Waals surface area contributed by atoms with E-state index in [-0.39, 0.29) is 23.2 Å². The molecule has 1 atom stereocenters. The molecule has 0 spiro atoms. The van der Waals surface area contributed by atoms with Crippen LogP contribution in [0.25, 0.3) is 5.70 Å². The highest BCUT2D eigenvalue weighted by Gasteiger charge is 2.28. The molecular formula is C26H19BrN4O2. The number of carbonyl (C=O) groups is 2. The lowest BCUT2D eigenvalue weighted by atomic mass is 10.0. The highest BCUT2D eigenvalue weighted by atomic mass is 79.9. The van der Waals surface area contributed by atoms with Crippen LogP contribution >= 0.6 is 15.9 Å². The summed E-state index contributed by atoms with van der Waals surface area (Å²) >= 11 is 3.36. The average molecular weight is 499 g/mol. The molecular weight excluding hydrogens is 480 g/mol. The minimum absolute atomic E-state index is 0.114. The third kappa shape index (κ3) is 4.76. The van der Waals surface area contributed by atoms with Crippen LogP contribution in [0.5, 0.6) is 0 Å². The SMILES string of the molecule is CC(NC(=O)/C(C#N)=C1\N=C(NC(=O)c2cccc(Br)c2)c2ccccc21)c1ccccc1. The third-order valence-electron chi connectivity index (χ3n) is 5.20. The van der Waals surface area contributed by atoms with Crippen molar-refractivity contribution in [2.45, 2.75) is 13.0 Å². The number of nitriles is 1. The zero-order valence-electron chi connectivity index (χ0n) is 17.7. The highest BCUT2D eigenvalue weighted by molar-refractivity contribution is 9.10. The zero-order chi connectivity index (χ0) is 23.4. The molecule has 6 nitrogen and oxygen atoms in total. The van der Waals surface area contributed by atoms with Crippen molar-refractivity contribution in [3.8, 4) is 6.07 Å². The second-order valence-electron chi connectivity index (χ2n) is 7.41. The molecule has 3 aromatic carbocycles. The number of fused-ring (bicyclic) bond motifs is 1. The Labute approximate surface area is 199 Å². The van der Waals surface area contributed by atoms with E-state index in [9.17, 15) is 14.9 Å². The number of amides is 2. The summed E-state index contributed by atoms with van der Waals surface area (Å²) in [5.41, 5.74) is 2.75. The van der Waals surface area contributed by atoms with Gasteiger partial charge in [0, 0.05) is 21.2 Å². The first-order valence-electron chi connectivity index (χ1n) is 10.2. The number of carbonyl (C=O) groups excluding carboxylic acids is 2. The summed E-state index contributed by atoms with van der Waals surface area (Å²) in [6.45, 7) is 1.85. The van der Waals surface area contributed by atoms with Gasteiger partial charge in [-0.25, -0.2) is 4.99 Å². The second-order valence-corrected chi connectivity index (χ2v) is 8.33. The van der Waals surface area contributed by atoms with Gasteiger partial charge in [0.2, 0.25) is 0 Å². The van der Waals surface area contributed by atoms with Gasteiger partial charge in [0.1, 0.15) is 17.5 Å². The summed E-state index contributed by atoms with van der Waals surface area (Å²) in [5.74, 6) is -0.573. The fourth-order valence-corrected chi connectivity index (χ4v) is 3.93. The molecule has 3 aromatic rings. The van der Waals surface area contributed by atoms with Crippen LogP contribution in [0.1, 0.15) is 40.0 Å². The van der Waals surface area contributed by atoms with Gasteiger partial charge in [0.25, 0.3) is 11.8 Å². The number of benzene rings is 3. The molecule has 2 amide bonds. The second kappa shape index (κ2) is 9.63. The molecule has 162 valence electrons. The van der Waals surface area contributed by atoms with Gasteiger partial charge in [-0.2, -0.15) is 5.26 Å². The standard InChI is InChI=1S/C26H19BrN4O2/c1-16(17-8-3-2-4-9-17)29-26(33)22(15-28)23-20-12-5-6-13-21(20)24(30-23)31-25(32)18-10-7-11-19(27)14-18/h2-14,16H,1H3,(H,29,33)(H,30,31,32)/b23-22-. The summed E-state index contributed by atoms with van der Waals surface area (Å²) in [4.78, 5) is 30.2. The quantitative estimate of drug-likeness (QED) is 0.401. The first kappa shape index (κ1) is 22.2. The van der Waals surface area contributed by atoms with Gasteiger partial charge in [-0.3, -0.25) is 9.59 Å². The van der Waals surface area contributed by atoms with Crippen molar-refractivity contribution in [3.63, 3.8) is 0 Å². The predicted molar refractivity (Wildman–Crippen MR) is 130 cm³/mol. The Morgan fingerprint density at radius 1 is 0.970 bits per heavy atom. The van der Waals surface area contributed by atoms with E-state index < -0.39 is 5.91 Å². The molecule has 1 heterocycles. The van der Waals surface area contributed by atoms with Crippen molar-refractivity contribution in [2.75, 3.05) is 0 Å². The molecule has 1 unspecified atom stereocenters. The van der Waals surface area contributed by atoms with Crippen molar-refractivity contribution in [2.24, 2.45) is 4.99 Å². The predicted octanol–water partition coefficient (Wildman–Crippen LogP) is 4.75. The summed E-state index contributed by atoms with van der Waals surface area (Å²) in [7, 11) is 0. The van der Waals surface area contributed by atoms with E-state index in [4.69, 9.17) is 0 Å². The Morgan fingerprint density at radius 2 is 1.67 bits per heavy atom. The molecule has 0 radical (unpaired) electrons. The summed E-state index contributed by atoms with van der Waals surface area (Å²) < 4.78 is 0.778. The van der Waals surface area contributed by atoms with Crippen LogP contribution in [0.15, 0.2) is 93.9 Å². The van der Waals surface area contributed by atoms with E-state index in [0.29, 0.717) is 22.5 Å². The van der Waals surface area contributed by atoms with E-state index >= 15 is 0 Å². The number of rotatable bonds is 4. The van der Waals surface area contributed by atoms with Gasteiger partial charge in [0.05, 0.1) is 11.7 Å². The molecule has 0 fully saturated rings. The maximum Gasteiger partial charge on any atom is 0.264 e. The number of hydrogen-bond donors (Lipinski definition) is 2. The number of nitrogens with zero attached hydrogens (tertiary/aromatic N) is 2. The van der Waals surface area contributed by atoms with E-state index in [1.807, 2.05) is 55.5 Å². The van der Waals surface area contributed by atoms with Gasteiger partial charge in [-0.05, 0) is 30.7 Å². The lowest BCUT2D eigenvalue weighted by Gasteiger charge is -2.14. The molecule has 7 heteroatoms. The van der Waals surface area contributed by atoms with Crippen LogP contribution in [0, 0.1) is 11.3 Å². The van der Waals surface area contributed by atoms with Gasteiger partial charge < -0.3 is 10.6 Å². The lowest BCUT2D eigenvalue weighted by Crippen LogP contribution is -2.30. The normalized spacial score (nSPS) is 14.4. The summed E-state index contributed by atoms with van der Waals surface area (Å²) in [6.07, 6.45) is 0. The maximum atomic E-state index is 13.0. The molecule has 4 rings (SSSR count). The molecule has 1 aliphatic heterocycles. The van der Waals surface area contributed by atoms with Crippen LogP contribution in [0.3, 0.4) is 0 Å². The Bertz CT molecular complexity index is 1340. The van der Waals surface area contributed by atoms with Crippen molar-refractivity contribution in [1.29, 1.82) is 5.26 Å². The monoisotopic (exact) mass is 498 g/mol. The first-order chi connectivity index (χ1) is 16.0. The smallest absolute Gasteiger partial charge is 0.264 e. The lowest BCUT2D eigenvalue weighted by molar-refractivity contribution is -0.117. The fourth-order valence-electron chi connectivity index (χ4n) is 3.53. The minimum atomic E-state index is -0.526. The Hall–Kier alpha value is -4.02. The molecule has 33 heavy (non-hydrogen) atoms. The van der Waals surface area contributed by atoms with Crippen molar-refractivity contribution < 1.29 is 9.59 Å². The number of hydrogen-bond acceptors (Lipinski definition) is 4. The number of aliphatic imine (C=N–C) groups is 1. The molecule has 1 aliphatic rings. The van der Waals surface area contributed by atoms with E-state index in [0.717, 1.165) is 10.0 Å². The fraction of sp³-hybridized carbons (Fsp3) is 0.0769. The zero-order valence-corrected chi connectivity index (χ0v) is 19.3. The Balaban J connectivity index is 1.66. The van der Waals surface area contributed by atoms with Gasteiger partial charge >= 0.3 is 0 Å². The van der Waals surface area contributed by atoms with Gasteiger partial charge in [-0.15, -0.1) is 0 Å². The molecule has 0 saturated carbocycles. The molecule has 0 aliphatic carbocycles. The maximum absolute atomic E-state index is 13.0.